The Kier molecular flexibility index (Phi) is 3.38. The number of carbonyl (C=O) groups is 2. The van der Waals surface area contributed by atoms with Crippen molar-refractivity contribution in [3.8, 4) is 5.75 Å². The maximum Gasteiger partial charge on any atom is 0.255 e. The van der Waals surface area contributed by atoms with Crippen LogP contribution in [0.3, 0.4) is 0 Å². The molecule has 1 aromatic heterocycles. The van der Waals surface area contributed by atoms with Gasteiger partial charge in [0.2, 0.25) is 5.91 Å². The molecular formula is C17H14N4O3. The number of anilines is 2. The molecule has 0 saturated carbocycles. The van der Waals surface area contributed by atoms with Gasteiger partial charge in [0.1, 0.15) is 5.75 Å². The van der Waals surface area contributed by atoms with E-state index in [0.717, 1.165) is 10.9 Å². The van der Waals surface area contributed by atoms with E-state index in [1.807, 2.05) is 18.2 Å². The highest BCUT2D eigenvalue weighted by molar-refractivity contribution is 6.06. The van der Waals surface area contributed by atoms with Gasteiger partial charge in [0.15, 0.2) is 0 Å². The van der Waals surface area contributed by atoms with Crippen molar-refractivity contribution >= 4 is 34.1 Å². The van der Waals surface area contributed by atoms with Crippen LogP contribution in [0.5, 0.6) is 5.75 Å². The number of nitrogens with zero attached hydrogens (tertiary/aromatic N) is 1. The summed E-state index contributed by atoms with van der Waals surface area (Å²) in [5.41, 5.74) is 2.45. The third-order valence-corrected chi connectivity index (χ3v) is 3.80. The van der Waals surface area contributed by atoms with E-state index in [4.69, 9.17) is 4.74 Å². The molecule has 0 aliphatic carbocycles. The van der Waals surface area contributed by atoms with Crippen LogP contribution < -0.4 is 15.4 Å². The molecule has 0 atom stereocenters. The minimum Gasteiger partial charge on any atom is -0.491 e. The summed E-state index contributed by atoms with van der Waals surface area (Å²) in [6.07, 6.45) is 2.01. The summed E-state index contributed by atoms with van der Waals surface area (Å²) < 4.78 is 5.49. The summed E-state index contributed by atoms with van der Waals surface area (Å²) in [5.74, 6) is 0.169. The molecule has 1 aliphatic rings. The molecule has 7 heteroatoms. The van der Waals surface area contributed by atoms with Crippen molar-refractivity contribution in [1.82, 2.24) is 10.2 Å². The lowest BCUT2D eigenvalue weighted by atomic mass is 10.1. The van der Waals surface area contributed by atoms with E-state index >= 15 is 0 Å². The number of carbonyl (C=O) groups excluding carboxylic acids is 2. The van der Waals surface area contributed by atoms with Gasteiger partial charge in [-0.05, 0) is 36.4 Å². The number of benzene rings is 2. The smallest absolute Gasteiger partial charge is 0.255 e. The second-order valence-corrected chi connectivity index (χ2v) is 5.48. The highest BCUT2D eigenvalue weighted by Gasteiger charge is 2.16. The molecule has 2 heterocycles. The average molecular weight is 322 g/mol. The van der Waals surface area contributed by atoms with Gasteiger partial charge in [-0.15, -0.1) is 0 Å². The molecule has 0 bridgehead atoms. The highest BCUT2D eigenvalue weighted by atomic mass is 16.5. The lowest BCUT2D eigenvalue weighted by molar-refractivity contribution is -0.116. The normalized spacial score (nSPS) is 13.6. The summed E-state index contributed by atoms with van der Waals surface area (Å²) in [5, 5.41) is 13.4. The second-order valence-electron chi connectivity index (χ2n) is 5.48. The van der Waals surface area contributed by atoms with Gasteiger partial charge in [-0.25, -0.2) is 0 Å². The fourth-order valence-electron chi connectivity index (χ4n) is 2.58. The Balaban J connectivity index is 1.58. The first-order valence-corrected chi connectivity index (χ1v) is 7.50. The lowest BCUT2D eigenvalue weighted by Gasteiger charge is -2.10. The number of fused-ring (bicyclic) bond motifs is 2. The average Bonchev–Trinajstić information content (AvgIpc) is 2.95. The van der Waals surface area contributed by atoms with Crippen LogP contribution in [-0.4, -0.2) is 28.6 Å². The summed E-state index contributed by atoms with van der Waals surface area (Å²) >= 11 is 0. The third-order valence-electron chi connectivity index (χ3n) is 3.80. The zero-order valence-corrected chi connectivity index (χ0v) is 12.6. The third kappa shape index (κ3) is 2.67. The number of aromatic amines is 1. The van der Waals surface area contributed by atoms with Gasteiger partial charge < -0.3 is 15.4 Å². The summed E-state index contributed by atoms with van der Waals surface area (Å²) in [4.78, 5) is 24.1. The monoisotopic (exact) mass is 322 g/mol. The van der Waals surface area contributed by atoms with E-state index in [9.17, 15) is 9.59 Å². The van der Waals surface area contributed by atoms with Crippen molar-refractivity contribution in [2.75, 3.05) is 17.2 Å². The molecule has 0 spiro atoms. The molecule has 0 saturated heterocycles. The number of aromatic nitrogens is 2. The van der Waals surface area contributed by atoms with E-state index in [2.05, 4.69) is 20.8 Å². The summed E-state index contributed by atoms with van der Waals surface area (Å²) in [6.45, 7) is 0.328. The maximum absolute atomic E-state index is 12.5. The van der Waals surface area contributed by atoms with Gasteiger partial charge in [-0.2, -0.15) is 5.10 Å². The van der Waals surface area contributed by atoms with Gasteiger partial charge in [0.05, 0.1) is 30.4 Å². The fraction of sp³-hybridized carbons (Fsp3) is 0.118. The van der Waals surface area contributed by atoms with Crippen LogP contribution in [0.25, 0.3) is 10.9 Å². The molecule has 3 N–H and O–H groups in total. The quantitative estimate of drug-likeness (QED) is 0.675. The van der Waals surface area contributed by atoms with E-state index in [1.54, 1.807) is 24.4 Å². The molecule has 24 heavy (non-hydrogen) atoms. The number of ether oxygens (including phenoxy) is 1. The van der Waals surface area contributed by atoms with Gasteiger partial charge in [0, 0.05) is 16.6 Å². The summed E-state index contributed by atoms with van der Waals surface area (Å²) in [7, 11) is 0. The number of hydrogen-bond donors (Lipinski definition) is 3. The molecule has 0 radical (unpaired) electrons. The van der Waals surface area contributed by atoms with E-state index in [-0.39, 0.29) is 11.8 Å². The van der Waals surface area contributed by atoms with Gasteiger partial charge >= 0.3 is 0 Å². The van der Waals surface area contributed by atoms with Crippen LogP contribution in [0.15, 0.2) is 42.6 Å². The van der Waals surface area contributed by atoms with Crippen molar-refractivity contribution < 1.29 is 14.3 Å². The molecule has 1 aliphatic heterocycles. The van der Waals surface area contributed by atoms with Crippen molar-refractivity contribution in [3.05, 3.63) is 48.2 Å². The number of H-pyrrole nitrogens is 1. The molecule has 3 aromatic rings. The first-order chi connectivity index (χ1) is 11.7. The zero-order valence-electron chi connectivity index (χ0n) is 12.6. The molecule has 0 unspecified atom stereocenters. The standard InChI is InChI=1S/C17H14N4O3/c22-16-5-6-24-15-4-2-10(7-14(15)20-16)17(23)19-12-3-1-11-9-18-21-13(11)8-12/h1-4,7-9H,5-6H2,(H,18,21)(H,19,23)(H,20,22). The molecule has 4 rings (SSSR count). The largest absolute Gasteiger partial charge is 0.491 e. The minimum atomic E-state index is -0.268. The van der Waals surface area contributed by atoms with Crippen molar-refractivity contribution in [2.24, 2.45) is 0 Å². The van der Waals surface area contributed by atoms with Crippen molar-refractivity contribution in [2.45, 2.75) is 6.42 Å². The van der Waals surface area contributed by atoms with Crippen LogP contribution >= 0.6 is 0 Å². The Morgan fingerprint density at radius 2 is 2.12 bits per heavy atom. The number of rotatable bonds is 2. The molecule has 2 aromatic carbocycles. The summed E-state index contributed by atoms with van der Waals surface area (Å²) in [6, 6.07) is 10.5. The second kappa shape index (κ2) is 5.69. The van der Waals surface area contributed by atoms with Crippen LogP contribution in [0.4, 0.5) is 11.4 Å². The van der Waals surface area contributed by atoms with Crippen molar-refractivity contribution in [1.29, 1.82) is 0 Å². The van der Waals surface area contributed by atoms with Gasteiger partial charge in [-0.3, -0.25) is 14.7 Å². The first kappa shape index (κ1) is 14.3. The van der Waals surface area contributed by atoms with Crippen LogP contribution in [0.1, 0.15) is 16.8 Å². The zero-order chi connectivity index (χ0) is 16.5. The highest BCUT2D eigenvalue weighted by Crippen LogP contribution is 2.28. The van der Waals surface area contributed by atoms with Crippen LogP contribution in [-0.2, 0) is 4.79 Å². The van der Waals surface area contributed by atoms with Crippen LogP contribution in [0.2, 0.25) is 0 Å². The predicted molar refractivity (Wildman–Crippen MR) is 89.2 cm³/mol. The Labute approximate surface area is 137 Å². The van der Waals surface area contributed by atoms with E-state index in [0.29, 0.717) is 35.7 Å². The molecule has 7 nitrogen and oxygen atoms in total. The van der Waals surface area contributed by atoms with Crippen molar-refractivity contribution in [3.63, 3.8) is 0 Å². The Hall–Kier alpha value is -3.35. The van der Waals surface area contributed by atoms with Crippen LogP contribution in [0, 0.1) is 0 Å². The lowest BCUT2D eigenvalue weighted by Crippen LogP contribution is -2.13. The Morgan fingerprint density at radius 3 is 3.04 bits per heavy atom. The van der Waals surface area contributed by atoms with Gasteiger partial charge in [0.25, 0.3) is 5.91 Å². The molecule has 120 valence electrons. The predicted octanol–water partition coefficient (Wildman–Crippen LogP) is 2.54. The number of nitrogens with one attached hydrogen (secondary N) is 3. The molecular weight excluding hydrogens is 308 g/mol. The maximum atomic E-state index is 12.5. The molecule has 0 fully saturated rings. The van der Waals surface area contributed by atoms with E-state index < -0.39 is 0 Å². The first-order valence-electron chi connectivity index (χ1n) is 7.50. The van der Waals surface area contributed by atoms with Gasteiger partial charge in [-0.1, -0.05) is 0 Å². The number of amides is 2. The number of hydrogen-bond acceptors (Lipinski definition) is 4. The SMILES string of the molecule is O=C1CCOc2ccc(C(=O)Nc3ccc4cn[nH]c4c3)cc2N1. The molecule has 2 amide bonds. The fourth-order valence-corrected chi connectivity index (χ4v) is 2.58. The topological polar surface area (TPSA) is 96.1 Å². The van der Waals surface area contributed by atoms with E-state index in [1.165, 1.54) is 0 Å². The Bertz CT molecular complexity index is 948. The minimum absolute atomic E-state index is 0.129. The Morgan fingerprint density at radius 1 is 1.21 bits per heavy atom.